The predicted molar refractivity (Wildman–Crippen MR) is 67.8 cm³/mol. The van der Waals surface area contributed by atoms with Crippen LogP contribution < -0.4 is 5.32 Å². The number of halogens is 1. The van der Waals surface area contributed by atoms with E-state index in [4.69, 9.17) is 11.6 Å². The number of nitrogens with one attached hydrogen (secondary N) is 1. The number of nitrogens with zero attached hydrogens (tertiary/aromatic N) is 1. The van der Waals surface area contributed by atoms with Crippen molar-refractivity contribution in [1.82, 2.24) is 4.98 Å². The number of benzene rings is 1. The molecule has 0 atom stereocenters. The molecule has 2 rings (SSSR count). The minimum Gasteiger partial charge on any atom is -0.380 e. The van der Waals surface area contributed by atoms with Gasteiger partial charge in [-0.2, -0.15) is 0 Å². The molecule has 0 unspecified atom stereocenters. The van der Waals surface area contributed by atoms with Crippen molar-refractivity contribution in [3.8, 4) is 0 Å². The van der Waals surface area contributed by atoms with E-state index < -0.39 is 0 Å². The van der Waals surface area contributed by atoms with E-state index in [0.29, 0.717) is 0 Å². The Morgan fingerprint density at radius 2 is 2.19 bits per heavy atom. The Labute approximate surface area is 100 Å². The molecule has 2 aromatic rings. The second-order valence-corrected chi connectivity index (χ2v) is 4.11. The summed E-state index contributed by atoms with van der Waals surface area (Å²) < 4.78 is 0. The van der Waals surface area contributed by atoms with Crippen LogP contribution >= 0.6 is 11.6 Å². The summed E-state index contributed by atoms with van der Waals surface area (Å²) >= 11 is 6.08. The Balaban J connectivity index is 2.08. The number of aromatic nitrogens is 1. The number of hydrogen-bond donors (Lipinski definition) is 1. The van der Waals surface area contributed by atoms with Crippen molar-refractivity contribution in [2.24, 2.45) is 0 Å². The third-order valence-corrected chi connectivity index (χ3v) is 2.66. The maximum absolute atomic E-state index is 6.08. The molecule has 16 heavy (non-hydrogen) atoms. The van der Waals surface area contributed by atoms with Gasteiger partial charge < -0.3 is 5.32 Å². The highest BCUT2D eigenvalue weighted by Crippen LogP contribution is 2.23. The Morgan fingerprint density at radius 1 is 1.31 bits per heavy atom. The molecule has 1 heterocycles. The summed E-state index contributed by atoms with van der Waals surface area (Å²) in [6.45, 7) is 2.78. The molecule has 2 nitrogen and oxygen atoms in total. The van der Waals surface area contributed by atoms with E-state index in [1.807, 2.05) is 43.5 Å². The Morgan fingerprint density at radius 3 is 2.94 bits per heavy atom. The van der Waals surface area contributed by atoms with Gasteiger partial charge in [-0.15, -0.1) is 0 Å². The average Bonchev–Trinajstić information content (AvgIpc) is 2.32. The summed E-state index contributed by atoms with van der Waals surface area (Å²) in [6, 6.07) is 9.90. The largest absolute Gasteiger partial charge is 0.380 e. The molecule has 0 aliphatic carbocycles. The predicted octanol–water partition coefficient (Wildman–Crippen LogP) is 3.66. The van der Waals surface area contributed by atoms with Gasteiger partial charge in [0.2, 0.25) is 0 Å². The van der Waals surface area contributed by atoms with E-state index in [1.54, 1.807) is 6.20 Å². The molecule has 0 amide bonds. The van der Waals surface area contributed by atoms with Gasteiger partial charge in [-0.1, -0.05) is 23.7 Å². The quantitative estimate of drug-likeness (QED) is 0.874. The van der Waals surface area contributed by atoms with Crippen molar-refractivity contribution in [3.05, 3.63) is 58.9 Å². The summed E-state index contributed by atoms with van der Waals surface area (Å²) in [5.41, 5.74) is 3.30. The minimum absolute atomic E-state index is 0.733. The first-order chi connectivity index (χ1) is 7.75. The lowest BCUT2D eigenvalue weighted by atomic mass is 10.2. The summed E-state index contributed by atoms with van der Waals surface area (Å²) in [6.07, 6.45) is 3.61. The van der Waals surface area contributed by atoms with Crippen molar-refractivity contribution in [3.63, 3.8) is 0 Å². The van der Waals surface area contributed by atoms with E-state index in [1.165, 1.54) is 5.56 Å². The van der Waals surface area contributed by atoms with Gasteiger partial charge in [0.15, 0.2) is 0 Å². The third kappa shape index (κ3) is 2.74. The van der Waals surface area contributed by atoms with Crippen LogP contribution in [0.15, 0.2) is 42.7 Å². The van der Waals surface area contributed by atoms with Crippen LogP contribution in [0.1, 0.15) is 11.1 Å². The highest BCUT2D eigenvalue weighted by Gasteiger charge is 1.99. The summed E-state index contributed by atoms with van der Waals surface area (Å²) in [5.74, 6) is 0. The first-order valence-electron chi connectivity index (χ1n) is 5.14. The monoisotopic (exact) mass is 232 g/mol. The van der Waals surface area contributed by atoms with Crippen molar-refractivity contribution >= 4 is 17.3 Å². The van der Waals surface area contributed by atoms with Gasteiger partial charge in [-0.25, -0.2) is 0 Å². The molecule has 0 saturated carbocycles. The zero-order valence-electron chi connectivity index (χ0n) is 9.07. The fourth-order valence-electron chi connectivity index (χ4n) is 1.47. The van der Waals surface area contributed by atoms with Crippen LogP contribution in [-0.4, -0.2) is 4.98 Å². The van der Waals surface area contributed by atoms with E-state index >= 15 is 0 Å². The molecule has 1 aromatic heterocycles. The van der Waals surface area contributed by atoms with Crippen LogP contribution in [0.4, 0.5) is 5.69 Å². The van der Waals surface area contributed by atoms with Gasteiger partial charge in [0.25, 0.3) is 0 Å². The molecule has 1 N–H and O–H groups in total. The highest BCUT2D eigenvalue weighted by atomic mass is 35.5. The van der Waals surface area contributed by atoms with Gasteiger partial charge in [0.05, 0.1) is 10.7 Å². The molecular weight excluding hydrogens is 220 g/mol. The Hall–Kier alpha value is -1.54. The van der Waals surface area contributed by atoms with Crippen molar-refractivity contribution in [2.45, 2.75) is 13.5 Å². The molecule has 82 valence electrons. The number of hydrogen-bond acceptors (Lipinski definition) is 2. The zero-order chi connectivity index (χ0) is 11.4. The lowest BCUT2D eigenvalue weighted by Gasteiger charge is -2.08. The summed E-state index contributed by atoms with van der Waals surface area (Å²) in [7, 11) is 0. The van der Waals surface area contributed by atoms with Gasteiger partial charge in [0, 0.05) is 18.9 Å². The lowest BCUT2D eigenvalue weighted by Crippen LogP contribution is -2.00. The first kappa shape index (κ1) is 11.0. The molecule has 1 aromatic carbocycles. The topological polar surface area (TPSA) is 24.9 Å². The number of aryl methyl sites for hydroxylation is 1. The number of rotatable bonds is 3. The molecule has 0 fully saturated rings. The zero-order valence-corrected chi connectivity index (χ0v) is 9.83. The first-order valence-corrected chi connectivity index (χ1v) is 5.52. The van der Waals surface area contributed by atoms with Crippen LogP contribution in [-0.2, 0) is 6.54 Å². The van der Waals surface area contributed by atoms with E-state index in [0.717, 1.165) is 22.8 Å². The van der Waals surface area contributed by atoms with Gasteiger partial charge in [-0.05, 0) is 36.2 Å². The summed E-state index contributed by atoms with van der Waals surface area (Å²) in [5, 5.41) is 4.04. The molecule has 0 aliphatic rings. The fourth-order valence-corrected chi connectivity index (χ4v) is 1.66. The minimum atomic E-state index is 0.733. The van der Waals surface area contributed by atoms with Crippen LogP contribution in [0, 0.1) is 6.92 Å². The van der Waals surface area contributed by atoms with E-state index in [9.17, 15) is 0 Å². The molecule has 0 saturated heterocycles. The van der Waals surface area contributed by atoms with Gasteiger partial charge in [0.1, 0.15) is 0 Å². The third-order valence-electron chi connectivity index (χ3n) is 2.33. The van der Waals surface area contributed by atoms with Crippen LogP contribution in [0.5, 0.6) is 0 Å². The second kappa shape index (κ2) is 4.99. The van der Waals surface area contributed by atoms with E-state index in [-0.39, 0.29) is 0 Å². The lowest BCUT2D eigenvalue weighted by molar-refractivity contribution is 1.11. The fraction of sp³-hybridized carbons (Fsp3) is 0.154. The number of anilines is 1. The average molecular weight is 233 g/mol. The van der Waals surface area contributed by atoms with Crippen molar-refractivity contribution < 1.29 is 0 Å². The molecule has 3 heteroatoms. The SMILES string of the molecule is Cc1ccc(Cl)c(NCc2cccnc2)c1. The van der Waals surface area contributed by atoms with Crippen LogP contribution in [0.2, 0.25) is 5.02 Å². The van der Waals surface area contributed by atoms with Crippen LogP contribution in [0.25, 0.3) is 0 Å². The molecular formula is C13H13ClN2. The normalized spacial score (nSPS) is 10.1. The van der Waals surface area contributed by atoms with Gasteiger partial charge >= 0.3 is 0 Å². The highest BCUT2D eigenvalue weighted by molar-refractivity contribution is 6.33. The molecule has 0 bridgehead atoms. The van der Waals surface area contributed by atoms with Gasteiger partial charge in [-0.3, -0.25) is 4.98 Å². The standard InChI is InChI=1S/C13H13ClN2/c1-10-4-5-12(14)13(7-10)16-9-11-3-2-6-15-8-11/h2-8,16H,9H2,1H3. The Kier molecular flexibility index (Phi) is 3.42. The molecule has 0 radical (unpaired) electrons. The van der Waals surface area contributed by atoms with E-state index in [2.05, 4.69) is 10.3 Å². The van der Waals surface area contributed by atoms with Crippen LogP contribution in [0.3, 0.4) is 0 Å². The number of pyridine rings is 1. The molecule has 0 aliphatic heterocycles. The van der Waals surface area contributed by atoms with Crippen molar-refractivity contribution in [1.29, 1.82) is 0 Å². The molecule has 0 spiro atoms. The summed E-state index contributed by atoms with van der Waals surface area (Å²) in [4.78, 5) is 4.06. The second-order valence-electron chi connectivity index (χ2n) is 3.70. The maximum Gasteiger partial charge on any atom is 0.0637 e. The Bertz CT molecular complexity index is 469. The maximum atomic E-state index is 6.08. The van der Waals surface area contributed by atoms with Crippen molar-refractivity contribution in [2.75, 3.05) is 5.32 Å². The smallest absolute Gasteiger partial charge is 0.0637 e.